The molecule has 0 saturated carbocycles. The number of aromatic nitrogens is 1. The van der Waals surface area contributed by atoms with E-state index in [4.69, 9.17) is 0 Å². The van der Waals surface area contributed by atoms with Crippen LogP contribution in [0.2, 0.25) is 0 Å². The molecule has 3 nitrogen and oxygen atoms in total. The molecule has 1 aromatic rings. The highest BCUT2D eigenvalue weighted by atomic mass is 19.2. The summed E-state index contributed by atoms with van der Waals surface area (Å²) in [6.07, 6.45) is 4.38. The van der Waals surface area contributed by atoms with E-state index in [1.54, 1.807) is 12.2 Å². The quantitative estimate of drug-likeness (QED) is 0.771. The number of nitrogens with zero attached hydrogens (tertiary/aromatic N) is 1. The van der Waals surface area contributed by atoms with Gasteiger partial charge in [-0.3, -0.25) is 4.79 Å². The number of hydrogen-bond donors (Lipinski definition) is 1. The average molecular weight is 212 g/mol. The van der Waals surface area contributed by atoms with Crippen molar-refractivity contribution in [3.8, 4) is 0 Å². The predicted octanol–water partition coefficient (Wildman–Crippen LogP) is 1.51. The SMILES string of the molecule is CC(=O)NCC=Cc1cnc(F)c(F)c1. The van der Waals surface area contributed by atoms with Gasteiger partial charge in [0.15, 0.2) is 5.82 Å². The molecule has 0 aromatic carbocycles. The van der Waals surface area contributed by atoms with Crippen LogP contribution in [0.15, 0.2) is 18.3 Å². The van der Waals surface area contributed by atoms with E-state index in [2.05, 4.69) is 10.3 Å². The molecule has 0 atom stereocenters. The molecule has 0 spiro atoms. The summed E-state index contributed by atoms with van der Waals surface area (Å²) in [6, 6.07) is 1.03. The van der Waals surface area contributed by atoms with E-state index in [1.807, 2.05) is 0 Å². The van der Waals surface area contributed by atoms with Crippen molar-refractivity contribution in [3.63, 3.8) is 0 Å². The van der Waals surface area contributed by atoms with Crippen LogP contribution in [0.3, 0.4) is 0 Å². The van der Waals surface area contributed by atoms with Gasteiger partial charge < -0.3 is 5.32 Å². The minimum Gasteiger partial charge on any atom is -0.353 e. The van der Waals surface area contributed by atoms with Gasteiger partial charge in [-0.05, 0) is 11.6 Å². The minimum atomic E-state index is -1.12. The Balaban J connectivity index is 2.57. The molecule has 5 heteroatoms. The Bertz CT molecular complexity index is 391. The average Bonchev–Trinajstić information content (AvgIpc) is 2.18. The van der Waals surface area contributed by atoms with E-state index in [1.165, 1.54) is 13.1 Å². The monoisotopic (exact) mass is 212 g/mol. The molecule has 1 aromatic heterocycles. The summed E-state index contributed by atoms with van der Waals surface area (Å²) in [5.74, 6) is -2.26. The number of halogens is 2. The lowest BCUT2D eigenvalue weighted by atomic mass is 10.2. The fourth-order valence-corrected chi connectivity index (χ4v) is 0.925. The zero-order chi connectivity index (χ0) is 11.3. The van der Waals surface area contributed by atoms with E-state index in [9.17, 15) is 13.6 Å². The van der Waals surface area contributed by atoms with Crippen molar-refractivity contribution in [2.75, 3.05) is 6.54 Å². The van der Waals surface area contributed by atoms with Crippen molar-refractivity contribution in [3.05, 3.63) is 35.7 Å². The molecule has 0 aliphatic rings. The molecule has 1 N–H and O–H groups in total. The number of nitrogens with one attached hydrogen (secondary N) is 1. The van der Waals surface area contributed by atoms with Crippen LogP contribution in [-0.4, -0.2) is 17.4 Å². The number of carbonyl (C=O) groups is 1. The number of carbonyl (C=O) groups excluding carboxylic acids is 1. The van der Waals surface area contributed by atoms with E-state index >= 15 is 0 Å². The van der Waals surface area contributed by atoms with Crippen molar-refractivity contribution in [1.29, 1.82) is 0 Å². The van der Waals surface area contributed by atoms with E-state index in [-0.39, 0.29) is 5.91 Å². The van der Waals surface area contributed by atoms with Crippen molar-refractivity contribution in [1.82, 2.24) is 10.3 Å². The number of pyridine rings is 1. The molecule has 1 amide bonds. The standard InChI is InChI=1S/C10H10F2N2O/c1-7(15)13-4-2-3-8-5-9(11)10(12)14-6-8/h2-3,5-6H,4H2,1H3,(H,13,15). The highest BCUT2D eigenvalue weighted by molar-refractivity contribution is 5.73. The fraction of sp³-hybridized carbons (Fsp3) is 0.200. The molecule has 0 radical (unpaired) electrons. The Morgan fingerprint density at radius 2 is 2.33 bits per heavy atom. The van der Waals surface area contributed by atoms with E-state index < -0.39 is 11.8 Å². The summed E-state index contributed by atoms with van der Waals surface area (Å²) in [6.45, 7) is 1.74. The van der Waals surface area contributed by atoms with Gasteiger partial charge in [0.1, 0.15) is 0 Å². The van der Waals surface area contributed by atoms with Crippen LogP contribution in [0.5, 0.6) is 0 Å². The third kappa shape index (κ3) is 3.84. The van der Waals surface area contributed by atoms with Gasteiger partial charge >= 0.3 is 0 Å². The number of amides is 1. The van der Waals surface area contributed by atoms with Crippen LogP contribution < -0.4 is 5.32 Å². The molecule has 0 bridgehead atoms. The highest BCUT2D eigenvalue weighted by Crippen LogP contribution is 2.06. The second-order valence-corrected chi connectivity index (χ2v) is 2.88. The summed E-state index contributed by atoms with van der Waals surface area (Å²) in [7, 11) is 0. The lowest BCUT2D eigenvalue weighted by molar-refractivity contribution is -0.118. The van der Waals surface area contributed by atoms with Crippen molar-refractivity contribution < 1.29 is 13.6 Å². The highest BCUT2D eigenvalue weighted by Gasteiger charge is 2.01. The van der Waals surface area contributed by atoms with Crippen LogP contribution in [-0.2, 0) is 4.79 Å². The van der Waals surface area contributed by atoms with Crippen molar-refractivity contribution in [2.24, 2.45) is 0 Å². The maximum atomic E-state index is 12.7. The lowest BCUT2D eigenvalue weighted by Crippen LogP contribution is -2.19. The van der Waals surface area contributed by atoms with Crippen LogP contribution in [0, 0.1) is 11.8 Å². The molecular formula is C10H10F2N2O. The van der Waals surface area contributed by atoms with Crippen molar-refractivity contribution >= 4 is 12.0 Å². The zero-order valence-corrected chi connectivity index (χ0v) is 8.13. The Morgan fingerprint density at radius 3 is 2.93 bits per heavy atom. The van der Waals surface area contributed by atoms with Gasteiger partial charge in [0.2, 0.25) is 11.9 Å². The summed E-state index contributed by atoms with van der Waals surface area (Å²) < 4.78 is 25.1. The van der Waals surface area contributed by atoms with Gasteiger partial charge in [-0.15, -0.1) is 0 Å². The maximum Gasteiger partial charge on any atom is 0.248 e. The number of hydrogen-bond acceptors (Lipinski definition) is 2. The predicted molar refractivity (Wildman–Crippen MR) is 51.9 cm³/mol. The summed E-state index contributed by atoms with van der Waals surface area (Å²) in [5.41, 5.74) is 0.444. The van der Waals surface area contributed by atoms with Gasteiger partial charge in [-0.2, -0.15) is 4.39 Å². The van der Waals surface area contributed by atoms with Gasteiger partial charge in [-0.1, -0.05) is 12.2 Å². The van der Waals surface area contributed by atoms with Crippen LogP contribution in [0.25, 0.3) is 6.08 Å². The number of rotatable bonds is 3. The molecule has 1 rings (SSSR count). The normalized spacial score (nSPS) is 10.6. The third-order valence-electron chi connectivity index (χ3n) is 1.60. The minimum absolute atomic E-state index is 0.150. The zero-order valence-electron chi connectivity index (χ0n) is 8.13. The van der Waals surface area contributed by atoms with E-state index in [0.29, 0.717) is 12.1 Å². The topological polar surface area (TPSA) is 42.0 Å². The van der Waals surface area contributed by atoms with E-state index in [0.717, 1.165) is 6.07 Å². The molecule has 0 saturated heterocycles. The lowest BCUT2D eigenvalue weighted by Gasteiger charge is -1.96. The Morgan fingerprint density at radius 1 is 1.60 bits per heavy atom. The molecule has 15 heavy (non-hydrogen) atoms. The fourth-order valence-electron chi connectivity index (χ4n) is 0.925. The molecule has 0 aliphatic carbocycles. The Kier molecular flexibility index (Phi) is 3.91. The first-order valence-electron chi connectivity index (χ1n) is 4.31. The van der Waals surface area contributed by atoms with Gasteiger partial charge in [-0.25, -0.2) is 9.37 Å². The first kappa shape index (κ1) is 11.3. The second kappa shape index (κ2) is 5.19. The molecule has 1 heterocycles. The van der Waals surface area contributed by atoms with Crippen LogP contribution in [0.4, 0.5) is 8.78 Å². The van der Waals surface area contributed by atoms with Crippen molar-refractivity contribution in [2.45, 2.75) is 6.92 Å². The molecule has 80 valence electrons. The first-order chi connectivity index (χ1) is 7.09. The molecule has 0 aliphatic heterocycles. The summed E-state index contributed by atoms with van der Waals surface area (Å²) >= 11 is 0. The third-order valence-corrected chi connectivity index (χ3v) is 1.60. The second-order valence-electron chi connectivity index (χ2n) is 2.88. The van der Waals surface area contributed by atoms with Crippen LogP contribution in [0.1, 0.15) is 12.5 Å². The van der Waals surface area contributed by atoms with Gasteiger partial charge in [0.05, 0.1) is 0 Å². The van der Waals surface area contributed by atoms with Gasteiger partial charge in [0.25, 0.3) is 0 Å². The largest absolute Gasteiger partial charge is 0.353 e. The Hall–Kier alpha value is -1.78. The molecular weight excluding hydrogens is 202 g/mol. The summed E-state index contributed by atoms with van der Waals surface area (Å²) in [4.78, 5) is 13.7. The van der Waals surface area contributed by atoms with Gasteiger partial charge in [0, 0.05) is 19.7 Å². The first-order valence-corrected chi connectivity index (χ1v) is 4.31. The maximum absolute atomic E-state index is 12.7. The smallest absolute Gasteiger partial charge is 0.248 e. The summed E-state index contributed by atoms with van der Waals surface area (Å²) in [5, 5.41) is 2.53. The Labute approximate surface area is 85.8 Å². The van der Waals surface area contributed by atoms with Crippen LogP contribution >= 0.6 is 0 Å². The molecule has 0 fully saturated rings. The molecule has 0 unspecified atom stereocenters.